The van der Waals surface area contributed by atoms with Gasteiger partial charge >= 0.3 is 0 Å². The molecule has 0 fully saturated rings. The van der Waals surface area contributed by atoms with Crippen LogP contribution in [0.25, 0.3) is 87.0 Å². The maximum Gasteiger partial charge on any atom is 0.143 e. The Bertz CT molecular complexity index is 2260. The van der Waals surface area contributed by atoms with Crippen molar-refractivity contribution in [3.63, 3.8) is 0 Å². The van der Waals surface area contributed by atoms with Crippen LogP contribution in [0.4, 0.5) is 0 Å². The summed E-state index contributed by atoms with van der Waals surface area (Å²) in [4.78, 5) is 20.3. The molecule has 0 N–H and O–H groups in total. The van der Waals surface area contributed by atoms with E-state index in [1.165, 1.54) is 43.8 Å². The lowest BCUT2D eigenvalue weighted by atomic mass is 9.85. The molecule has 9 rings (SSSR count). The van der Waals surface area contributed by atoms with Crippen molar-refractivity contribution >= 4 is 64.9 Å². The van der Waals surface area contributed by atoms with Crippen molar-refractivity contribution in [2.45, 2.75) is 0 Å². The molecule has 0 radical (unpaired) electrons. The summed E-state index contributed by atoms with van der Waals surface area (Å²) in [7, 11) is 0. The summed E-state index contributed by atoms with van der Waals surface area (Å²) in [5.74, 6) is 0. The summed E-state index contributed by atoms with van der Waals surface area (Å²) in [6.45, 7) is 0. The van der Waals surface area contributed by atoms with Crippen LogP contribution < -0.4 is 0 Å². The van der Waals surface area contributed by atoms with Crippen molar-refractivity contribution < 1.29 is 0 Å². The van der Waals surface area contributed by atoms with Gasteiger partial charge in [0.15, 0.2) is 0 Å². The molecule has 0 saturated carbocycles. The van der Waals surface area contributed by atoms with Crippen LogP contribution in [0, 0.1) is 0 Å². The van der Waals surface area contributed by atoms with Gasteiger partial charge in [-0.1, -0.05) is 97.1 Å². The fraction of sp³-hybridized carbons (Fsp3) is 0. The highest BCUT2D eigenvalue weighted by Crippen LogP contribution is 2.44. The van der Waals surface area contributed by atoms with Crippen molar-refractivity contribution in [2.75, 3.05) is 0 Å². The third kappa shape index (κ3) is 4.11. The zero-order valence-electron chi connectivity index (χ0n) is 23.3. The molecule has 0 amide bonds. The maximum atomic E-state index is 4.84. The van der Waals surface area contributed by atoms with Crippen LogP contribution in [0.2, 0.25) is 0 Å². The number of pyridine rings is 2. The Labute approximate surface area is 261 Å². The average Bonchev–Trinajstić information content (AvgIpc) is 3.76. The molecule has 0 spiro atoms. The van der Waals surface area contributed by atoms with Gasteiger partial charge in [-0.25, -0.2) is 19.9 Å². The van der Waals surface area contributed by atoms with Gasteiger partial charge in [0.05, 0.1) is 33.4 Å². The molecule has 0 unspecified atom stereocenters. The normalized spacial score (nSPS) is 11.6. The number of thiazole rings is 2. The van der Waals surface area contributed by atoms with Crippen LogP contribution in [-0.4, -0.2) is 19.9 Å². The Morgan fingerprint density at radius 3 is 1.11 bits per heavy atom. The Morgan fingerprint density at radius 2 is 0.727 bits per heavy atom. The highest BCUT2D eigenvalue weighted by molar-refractivity contribution is 7.16. The van der Waals surface area contributed by atoms with Gasteiger partial charge in [0, 0.05) is 11.1 Å². The molecule has 0 saturated heterocycles. The molecular weight excluding hydrogens is 577 g/mol. The van der Waals surface area contributed by atoms with Gasteiger partial charge in [-0.3, -0.25) is 0 Å². The van der Waals surface area contributed by atoms with Crippen LogP contribution >= 0.6 is 22.7 Å². The molecule has 5 aromatic carbocycles. The minimum Gasteiger partial charge on any atom is -0.243 e. The second kappa shape index (κ2) is 10.2. The molecule has 4 aromatic heterocycles. The van der Waals surface area contributed by atoms with Gasteiger partial charge in [0.1, 0.15) is 9.66 Å². The Hall–Kier alpha value is -5.30. The number of fused-ring (bicyclic) bond motifs is 4. The number of hydrogen-bond donors (Lipinski definition) is 0. The number of hydrogen-bond acceptors (Lipinski definition) is 6. The summed E-state index contributed by atoms with van der Waals surface area (Å²) in [6, 6.07) is 43.3. The standard InChI is InChI=1S/C38H22N4S2/c1-2-6-28-27(5-1)35(25-13-9-23(10-14-25)31-17-19-33-37(41-31)43-21-39-33)29-7-3-4-8-30(29)36(28)26-15-11-24(12-16-26)32-18-20-34-38(42-32)44-22-40-34/h1-22H. The topological polar surface area (TPSA) is 51.6 Å². The van der Waals surface area contributed by atoms with Crippen LogP contribution in [0.1, 0.15) is 0 Å². The summed E-state index contributed by atoms with van der Waals surface area (Å²) in [5.41, 5.74) is 14.6. The van der Waals surface area contributed by atoms with E-state index >= 15 is 0 Å². The van der Waals surface area contributed by atoms with Crippen molar-refractivity contribution in [3.05, 3.63) is 132 Å². The third-order valence-electron chi connectivity index (χ3n) is 8.26. The van der Waals surface area contributed by atoms with E-state index in [9.17, 15) is 0 Å². The second-order valence-electron chi connectivity index (χ2n) is 10.7. The molecule has 0 aliphatic rings. The molecule has 9 aromatic rings. The molecule has 0 aliphatic carbocycles. The van der Waals surface area contributed by atoms with Crippen LogP contribution in [0.5, 0.6) is 0 Å². The molecule has 6 heteroatoms. The predicted molar refractivity (Wildman–Crippen MR) is 185 cm³/mol. The van der Waals surface area contributed by atoms with Gasteiger partial charge in [-0.05, 0) is 68.1 Å². The highest BCUT2D eigenvalue weighted by Gasteiger charge is 2.17. The van der Waals surface area contributed by atoms with Gasteiger partial charge < -0.3 is 0 Å². The molecule has 0 aliphatic heterocycles. The Balaban J connectivity index is 1.18. The van der Waals surface area contributed by atoms with E-state index < -0.39 is 0 Å². The van der Waals surface area contributed by atoms with Gasteiger partial charge in [-0.2, -0.15) is 0 Å². The molecule has 44 heavy (non-hydrogen) atoms. The molecule has 4 heterocycles. The SMILES string of the molecule is c1ccc2c(-c3ccc(-c4ccc5ncsc5n4)cc3)c3ccccc3c(-c3ccc(-c4ccc5ncsc5n4)cc3)c2c1. The molecule has 206 valence electrons. The van der Waals surface area contributed by atoms with E-state index in [0.717, 1.165) is 43.2 Å². The lowest BCUT2D eigenvalue weighted by molar-refractivity contribution is 1.40. The van der Waals surface area contributed by atoms with Crippen LogP contribution in [0.3, 0.4) is 0 Å². The number of rotatable bonds is 4. The minimum atomic E-state index is 0.942. The first-order chi connectivity index (χ1) is 21.8. The fourth-order valence-electron chi connectivity index (χ4n) is 6.19. The maximum absolute atomic E-state index is 4.84. The summed E-state index contributed by atoms with van der Waals surface area (Å²) in [6.07, 6.45) is 0. The largest absolute Gasteiger partial charge is 0.243 e. The van der Waals surface area contributed by atoms with Gasteiger partial charge in [0.25, 0.3) is 0 Å². The molecular formula is C38H22N4S2. The monoisotopic (exact) mass is 598 g/mol. The zero-order chi connectivity index (χ0) is 29.0. The smallest absolute Gasteiger partial charge is 0.143 e. The first-order valence-corrected chi connectivity index (χ1v) is 16.1. The molecule has 4 nitrogen and oxygen atoms in total. The fourth-order valence-corrected chi connectivity index (χ4v) is 7.51. The first-order valence-electron chi connectivity index (χ1n) is 14.4. The van der Waals surface area contributed by atoms with Gasteiger partial charge in [0.2, 0.25) is 0 Å². The number of nitrogens with zero attached hydrogens (tertiary/aromatic N) is 4. The quantitative estimate of drug-likeness (QED) is 0.189. The van der Waals surface area contributed by atoms with Crippen molar-refractivity contribution in [3.8, 4) is 44.8 Å². The molecule has 0 atom stereocenters. The minimum absolute atomic E-state index is 0.942. The van der Waals surface area contributed by atoms with E-state index in [2.05, 4.69) is 119 Å². The van der Waals surface area contributed by atoms with Gasteiger partial charge in [-0.15, -0.1) is 22.7 Å². The van der Waals surface area contributed by atoms with E-state index in [1.54, 1.807) is 22.7 Å². The Kier molecular flexibility index (Phi) is 5.82. The van der Waals surface area contributed by atoms with E-state index in [-0.39, 0.29) is 0 Å². The zero-order valence-corrected chi connectivity index (χ0v) is 24.9. The van der Waals surface area contributed by atoms with Crippen molar-refractivity contribution in [1.82, 2.24) is 19.9 Å². The lowest BCUT2D eigenvalue weighted by Gasteiger charge is -2.18. The summed E-state index contributed by atoms with van der Waals surface area (Å²) in [5, 5.41) is 4.94. The number of aromatic nitrogens is 4. The van der Waals surface area contributed by atoms with Crippen molar-refractivity contribution in [1.29, 1.82) is 0 Å². The van der Waals surface area contributed by atoms with E-state index in [4.69, 9.17) is 9.97 Å². The average molecular weight is 599 g/mol. The highest BCUT2D eigenvalue weighted by atomic mass is 32.1. The third-order valence-corrected chi connectivity index (χ3v) is 9.73. The summed E-state index contributed by atoms with van der Waals surface area (Å²) < 4.78 is 0. The van der Waals surface area contributed by atoms with Crippen LogP contribution in [-0.2, 0) is 0 Å². The summed E-state index contributed by atoms with van der Waals surface area (Å²) >= 11 is 3.14. The molecule has 0 bridgehead atoms. The first kappa shape index (κ1) is 25.2. The number of benzene rings is 5. The second-order valence-corrected chi connectivity index (χ2v) is 12.4. The van der Waals surface area contributed by atoms with E-state index in [0.29, 0.717) is 0 Å². The van der Waals surface area contributed by atoms with Crippen LogP contribution in [0.15, 0.2) is 132 Å². The van der Waals surface area contributed by atoms with Crippen molar-refractivity contribution in [2.24, 2.45) is 0 Å². The lowest BCUT2D eigenvalue weighted by Crippen LogP contribution is -1.91. The van der Waals surface area contributed by atoms with E-state index in [1.807, 2.05) is 23.2 Å². The Morgan fingerprint density at radius 1 is 0.364 bits per heavy atom. The predicted octanol–water partition coefficient (Wildman–Crippen LogP) is 10.7.